The Kier molecular flexibility index (Phi) is 5.34. The molecule has 0 saturated carbocycles. The number of carbonyl (C=O) groups excluding carboxylic acids is 1. The third-order valence-electron chi connectivity index (χ3n) is 2.63. The minimum absolute atomic E-state index is 0.140. The van der Waals surface area contributed by atoms with Crippen LogP contribution >= 0.6 is 0 Å². The number of nitrogens with zero attached hydrogens (tertiary/aromatic N) is 2. The monoisotopic (exact) mass is 253 g/mol. The maximum atomic E-state index is 11.9. The minimum Gasteiger partial charge on any atom is -0.391 e. The van der Waals surface area contributed by atoms with E-state index in [-0.39, 0.29) is 18.5 Å². The third-order valence-corrected chi connectivity index (χ3v) is 2.63. The third kappa shape index (κ3) is 4.14. The molecule has 5 heteroatoms. The van der Waals surface area contributed by atoms with Gasteiger partial charge in [0.15, 0.2) is 0 Å². The average Bonchev–Trinajstić information content (AvgIpc) is 2.73. The van der Waals surface area contributed by atoms with Crippen LogP contribution < -0.4 is 5.32 Å². The predicted molar refractivity (Wildman–Crippen MR) is 70.4 cm³/mol. The quantitative estimate of drug-likeness (QED) is 0.809. The largest absolute Gasteiger partial charge is 0.391 e. The molecular weight excluding hydrogens is 230 g/mol. The van der Waals surface area contributed by atoms with Crippen LogP contribution in [0.4, 0.5) is 0 Å². The van der Waals surface area contributed by atoms with Crippen molar-refractivity contribution in [2.45, 2.75) is 46.3 Å². The Morgan fingerprint density at radius 1 is 1.44 bits per heavy atom. The van der Waals surface area contributed by atoms with Crippen LogP contribution in [0, 0.1) is 5.92 Å². The molecule has 1 rings (SSSR count). The van der Waals surface area contributed by atoms with Crippen molar-refractivity contribution in [3.05, 3.63) is 18.0 Å². The summed E-state index contributed by atoms with van der Waals surface area (Å²) in [6, 6.07) is 1.82. The lowest BCUT2D eigenvalue weighted by Crippen LogP contribution is -2.34. The molecule has 2 N–H and O–H groups in total. The lowest BCUT2D eigenvalue weighted by Gasteiger charge is -2.15. The van der Waals surface area contributed by atoms with Crippen molar-refractivity contribution in [2.24, 2.45) is 5.92 Å². The zero-order chi connectivity index (χ0) is 13.7. The zero-order valence-electron chi connectivity index (χ0n) is 11.6. The summed E-state index contributed by atoms with van der Waals surface area (Å²) in [5.74, 6) is 0.224. The van der Waals surface area contributed by atoms with Crippen molar-refractivity contribution in [2.75, 3.05) is 6.54 Å². The molecule has 1 aromatic heterocycles. The van der Waals surface area contributed by atoms with E-state index in [0.29, 0.717) is 18.0 Å². The van der Waals surface area contributed by atoms with Gasteiger partial charge in [0.05, 0.1) is 6.10 Å². The molecule has 1 aromatic rings. The molecule has 0 aliphatic heterocycles. The second-order valence-corrected chi connectivity index (χ2v) is 5.25. The average molecular weight is 253 g/mol. The SMILES string of the molecule is CC(C)CC(O)CNC(=O)c1ccnn1C(C)C. The summed E-state index contributed by atoms with van der Waals surface area (Å²) in [6.45, 7) is 8.30. The molecule has 1 unspecified atom stereocenters. The van der Waals surface area contributed by atoms with Crippen molar-refractivity contribution in [1.82, 2.24) is 15.1 Å². The van der Waals surface area contributed by atoms with Crippen molar-refractivity contribution >= 4 is 5.91 Å². The summed E-state index contributed by atoms with van der Waals surface area (Å²) in [5.41, 5.74) is 0.529. The Bertz CT molecular complexity index is 385. The van der Waals surface area contributed by atoms with Crippen LogP contribution in [-0.4, -0.2) is 33.4 Å². The van der Waals surface area contributed by atoms with Gasteiger partial charge in [-0.25, -0.2) is 0 Å². The normalized spacial score (nSPS) is 13.1. The summed E-state index contributed by atoms with van der Waals surface area (Å²) >= 11 is 0. The van der Waals surface area contributed by atoms with Crippen LogP contribution in [0.2, 0.25) is 0 Å². The highest BCUT2D eigenvalue weighted by Gasteiger charge is 2.15. The predicted octanol–water partition coefficient (Wildman–Crippen LogP) is 1.60. The Morgan fingerprint density at radius 3 is 2.67 bits per heavy atom. The van der Waals surface area contributed by atoms with Crippen molar-refractivity contribution in [3.63, 3.8) is 0 Å². The van der Waals surface area contributed by atoms with Gasteiger partial charge in [0.1, 0.15) is 5.69 Å². The maximum absolute atomic E-state index is 11.9. The fourth-order valence-corrected chi connectivity index (χ4v) is 1.83. The first kappa shape index (κ1) is 14.7. The van der Waals surface area contributed by atoms with Gasteiger partial charge < -0.3 is 10.4 Å². The molecule has 1 amide bonds. The lowest BCUT2D eigenvalue weighted by atomic mass is 10.1. The fourth-order valence-electron chi connectivity index (χ4n) is 1.83. The summed E-state index contributed by atoms with van der Waals surface area (Å²) in [5, 5.41) is 16.5. The van der Waals surface area contributed by atoms with Crippen molar-refractivity contribution in [3.8, 4) is 0 Å². The molecule has 0 radical (unpaired) electrons. The molecule has 102 valence electrons. The number of nitrogens with one attached hydrogen (secondary N) is 1. The first-order valence-corrected chi connectivity index (χ1v) is 6.41. The molecule has 0 aliphatic carbocycles. The van der Waals surface area contributed by atoms with E-state index in [0.717, 1.165) is 0 Å². The van der Waals surface area contributed by atoms with Crippen LogP contribution in [0.1, 0.15) is 50.6 Å². The summed E-state index contributed by atoms with van der Waals surface area (Å²) in [6.07, 6.45) is 1.80. The van der Waals surface area contributed by atoms with Gasteiger partial charge in [-0.15, -0.1) is 0 Å². The Labute approximate surface area is 108 Å². The van der Waals surface area contributed by atoms with Gasteiger partial charge >= 0.3 is 0 Å². The van der Waals surface area contributed by atoms with Crippen LogP contribution in [0.3, 0.4) is 0 Å². The number of hydrogen-bond donors (Lipinski definition) is 2. The first-order chi connectivity index (χ1) is 8.41. The van der Waals surface area contributed by atoms with Gasteiger partial charge in [-0.3, -0.25) is 9.48 Å². The molecule has 0 spiro atoms. The number of aliphatic hydroxyl groups excluding tert-OH is 1. The van der Waals surface area contributed by atoms with E-state index in [1.807, 2.05) is 27.7 Å². The molecule has 0 saturated heterocycles. The van der Waals surface area contributed by atoms with E-state index >= 15 is 0 Å². The number of rotatable bonds is 6. The van der Waals surface area contributed by atoms with Gasteiger partial charge in [-0.2, -0.15) is 5.10 Å². The highest BCUT2D eigenvalue weighted by molar-refractivity contribution is 5.92. The van der Waals surface area contributed by atoms with Gasteiger partial charge in [0.2, 0.25) is 0 Å². The van der Waals surface area contributed by atoms with Crippen molar-refractivity contribution < 1.29 is 9.90 Å². The molecule has 1 heterocycles. The van der Waals surface area contributed by atoms with E-state index in [4.69, 9.17) is 0 Å². The van der Waals surface area contributed by atoms with Gasteiger partial charge in [-0.1, -0.05) is 13.8 Å². The van der Waals surface area contributed by atoms with E-state index in [1.54, 1.807) is 16.9 Å². The summed E-state index contributed by atoms with van der Waals surface area (Å²) in [7, 11) is 0. The molecule has 5 nitrogen and oxygen atoms in total. The topological polar surface area (TPSA) is 67.2 Å². The molecular formula is C13H23N3O2. The smallest absolute Gasteiger partial charge is 0.269 e. The van der Waals surface area contributed by atoms with Crippen LogP contribution in [0.15, 0.2) is 12.3 Å². The number of amides is 1. The first-order valence-electron chi connectivity index (χ1n) is 6.41. The van der Waals surface area contributed by atoms with E-state index in [2.05, 4.69) is 10.4 Å². The maximum Gasteiger partial charge on any atom is 0.269 e. The van der Waals surface area contributed by atoms with Crippen molar-refractivity contribution in [1.29, 1.82) is 0 Å². The van der Waals surface area contributed by atoms with E-state index < -0.39 is 6.10 Å². The van der Waals surface area contributed by atoms with Gasteiger partial charge in [0.25, 0.3) is 5.91 Å². The highest BCUT2D eigenvalue weighted by atomic mass is 16.3. The van der Waals surface area contributed by atoms with E-state index in [9.17, 15) is 9.90 Å². The Hall–Kier alpha value is -1.36. The standard InChI is InChI=1S/C13H23N3O2/c1-9(2)7-11(17)8-14-13(18)12-5-6-15-16(12)10(3)4/h5-6,9-11,17H,7-8H2,1-4H3,(H,14,18). The molecule has 0 bridgehead atoms. The number of carbonyl (C=O) groups is 1. The fraction of sp³-hybridized carbons (Fsp3) is 0.692. The molecule has 0 aliphatic rings. The number of aromatic nitrogens is 2. The zero-order valence-corrected chi connectivity index (χ0v) is 11.6. The lowest BCUT2D eigenvalue weighted by molar-refractivity contribution is 0.0888. The number of hydrogen-bond acceptors (Lipinski definition) is 3. The highest BCUT2D eigenvalue weighted by Crippen LogP contribution is 2.08. The van der Waals surface area contributed by atoms with Crippen LogP contribution in [0.5, 0.6) is 0 Å². The van der Waals surface area contributed by atoms with Gasteiger partial charge in [-0.05, 0) is 32.3 Å². The van der Waals surface area contributed by atoms with Crippen LogP contribution in [-0.2, 0) is 0 Å². The second-order valence-electron chi connectivity index (χ2n) is 5.25. The van der Waals surface area contributed by atoms with Gasteiger partial charge in [0, 0.05) is 18.8 Å². The molecule has 0 aromatic carbocycles. The second kappa shape index (κ2) is 6.54. The van der Waals surface area contributed by atoms with Crippen LogP contribution in [0.25, 0.3) is 0 Å². The number of aliphatic hydroxyl groups is 1. The van der Waals surface area contributed by atoms with E-state index in [1.165, 1.54) is 0 Å². The summed E-state index contributed by atoms with van der Waals surface area (Å²) in [4.78, 5) is 11.9. The molecule has 18 heavy (non-hydrogen) atoms. The Morgan fingerprint density at radius 2 is 2.11 bits per heavy atom. The molecule has 0 fully saturated rings. The minimum atomic E-state index is -0.496. The Balaban J connectivity index is 2.53. The molecule has 1 atom stereocenters. The summed E-state index contributed by atoms with van der Waals surface area (Å²) < 4.78 is 1.67.